The van der Waals surface area contributed by atoms with Crippen LogP contribution >= 0.6 is 0 Å². The highest BCUT2D eigenvalue weighted by atomic mass is 16.5. The van der Waals surface area contributed by atoms with Gasteiger partial charge in [-0.15, -0.1) is 0 Å². The highest BCUT2D eigenvalue weighted by Crippen LogP contribution is 2.46. The number of carbonyl (C=O) groups is 1. The number of carbonyl (C=O) groups excluding carboxylic acids is 1. The molecule has 0 aromatic carbocycles. The van der Waals surface area contributed by atoms with Gasteiger partial charge in [0.1, 0.15) is 0 Å². The maximum absolute atomic E-state index is 11.9. The van der Waals surface area contributed by atoms with Crippen molar-refractivity contribution in [1.82, 2.24) is 0 Å². The van der Waals surface area contributed by atoms with Gasteiger partial charge in [-0.05, 0) is 31.1 Å². The molecule has 86 valence electrons. The van der Waals surface area contributed by atoms with E-state index in [1.54, 1.807) is 0 Å². The number of hydrogen-bond donors (Lipinski definition) is 0. The van der Waals surface area contributed by atoms with Gasteiger partial charge in [-0.1, -0.05) is 32.9 Å². The van der Waals surface area contributed by atoms with Gasteiger partial charge in [0.05, 0.1) is 12.5 Å². The molecule has 0 heterocycles. The van der Waals surface area contributed by atoms with Crippen molar-refractivity contribution in [1.29, 1.82) is 0 Å². The second-order valence-corrected chi connectivity index (χ2v) is 5.19. The highest BCUT2D eigenvalue weighted by Gasteiger charge is 2.42. The summed E-state index contributed by atoms with van der Waals surface area (Å²) in [5, 5.41) is 0. The quantitative estimate of drug-likeness (QED) is 0.517. The lowest BCUT2D eigenvalue weighted by Gasteiger charge is -2.41. The van der Waals surface area contributed by atoms with Crippen LogP contribution in [-0.2, 0) is 9.53 Å². The molecule has 1 aliphatic carbocycles. The Morgan fingerprint density at radius 2 is 2.20 bits per heavy atom. The Morgan fingerprint density at radius 1 is 1.60 bits per heavy atom. The Labute approximate surface area is 92.7 Å². The summed E-state index contributed by atoms with van der Waals surface area (Å²) < 4.78 is 5.14. The lowest BCUT2D eigenvalue weighted by molar-refractivity contribution is -0.151. The van der Waals surface area contributed by atoms with E-state index >= 15 is 0 Å². The second kappa shape index (κ2) is 4.38. The Hall–Kier alpha value is -0.790. The van der Waals surface area contributed by atoms with Crippen LogP contribution in [-0.4, -0.2) is 12.6 Å². The SMILES string of the molecule is C=C1C(C)CCC(C)(C)C1C(=O)OCC. The molecule has 0 N–H and O–H groups in total. The van der Waals surface area contributed by atoms with E-state index in [4.69, 9.17) is 4.74 Å². The standard InChI is InChI=1S/C13H22O2/c1-6-15-12(14)11-10(3)9(2)7-8-13(11,4)5/h9,11H,3,6-8H2,1-2,4-5H3. The van der Waals surface area contributed by atoms with Crippen molar-refractivity contribution in [2.75, 3.05) is 6.61 Å². The number of ether oxygens (including phenoxy) is 1. The first-order chi connectivity index (χ1) is 6.90. The topological polar surface area (TPSA) is 26.3 Å². The molecule has 1 fully saturated rings. The molecular formula is C13H22O2. The van der Waals surface area contributed by atoms with Crippen LogP contribution in [0.1, 0.15) is 40.5 Å². The second-order valence-electron chi connectivity index (χ2n) is 5.19. The van der Waals surface area contributed by atoms with Crippen LogP contribution < -0.4 is 0 Å². The molecule has 0 bridgehead atoms. The van der Waals surface area contributed by atoms with Gasteiger partial charge in [0, 0.05) is 0 Å². The third-order valence-corrected chi connectivity index (χ3v) is 3.53. The fourth-order valence-electron chi connectivity index (χ4n) is 2.40. The van der Waals surface area contributed by atoms with E-state index in [9.17, 15) is 4.79 Å². The van der Waals surface area contributed by atoms with Crippen LogP contribution in [0, 0.1) is 17.3 Å². The Balaban J connectivity index is 2.88. The van der Waals surface area contributed by atoms with Crippen molar-refractivity contribution in [3.05, 3.63) is 12.2 Å². The van der Waals surface area contributed by atoms with Crippen molar-refractivity contribution in [2.45, 2.75) is 40.5 Å². The molecule has 1 aliphatic rings. The van der Waals surface area contributed by atoms with Gasteiger partial charge in [0.15, 0.2) is 0 Å². The minimum atomic E-state index is -0.124. The molecule has 0 amide bonds. The summed E-state index contributed by atoms with van der Waals surface area (Å²) in [7, 11) is 0. The average molecular weight is 210 g/mol. The smallest absolute Gasteiger partial charge is 0.313 e. The third kappa shape index (κ3) is 2.42. The van der Waals surface area contributed by atoms with Crippen LogP contribution in [0.3, 0.4) is 0 Å². The van der Waals surface area contributed by atoms with Gasteiger partial charge in [-0.3, -0.25) is 4.79 Å². The zero-order valence-electron chi connectivity index (χ0n) is 10.3. The summed E-state index contributed by atoms with van der Waals surface area (Å²) in [5.41, 5.74) is 1.04. The summed E-state index contributed by atoms with van der Waals surface area (Å²) in [6.07, 6.45) is 2.19. The molecule has 0 radical (unpaired) electrons. The van der Waals surface area contributed by atoms with E-state index < -0.39 is 0 Å². The molecule has 0 aromatic heterocycles. The zero-order chi connectivity index (χ0) is 11.6. The van der Waals surface area contributed by atoms with Crippen LogP contribution in [0.5, 0.6) is 0 Å². The first-order valence-electron chi connectivity index (χ1n) is 5.75. The van der Waals surface area contributed by atoms with Gasteiger partial charge < -0.3 is 4.74 Å². The largest absolute Gasteiger partial charge is 0.466 e. The molecule has 0 spiro atoms. The normalized spacial score (nSPS) is 30.0. The van der Waals surface area contributed by atoms with E-state index in [0.29, 0.717) is 12.5 Å². The van der Waals surface area contributed by atoms with Crippen molar-refractivity contribution >= 4 is 5.97 Å². The van der Waals surface area contributed by atoms with Crippen LogP contribution in [0.2, 0.25) is 0 Å². The first kappa shape index (κ1) is 12.3. The van der Waals surface area contributed by atoms with Crippen LogP contribution in [0.15, 0.2) is 12.2 Å². The van der Waals surface area contributed by atoms with Gasteiger partial charge in [-0.2, -0.15) is 0 Å². The first-order valence-corrected chi connectivity index (χ1v) is 5.75. The van der Waals surface area contributed by atoms with Crippen molar-refractivity contribution in [3.63, 3.8) is 0 Å². The van der Waals surface area contributed by atoms with Crippen LogP contribution in [0.4, 0.5) is 0 Å². The number of hydrogen-bond acceptors (Lipinski definition) is 2. The molecular weight excluding hydrogens is 188 g/mol. The van der Waals surface area contributed by atoms with E-state index in [-0.39, 0.29) is 17.3 Å². The molecule has 1 saturated carbocycles. The van der Waals surface area contributed by atoms with Crippen LogP contribution in [0.25, 0.3) is 0 Å². The van der Waals surface area contributed by atoms with Gasteiger partial charge >= 0.3 is 5.97 Å². The maximum Gasteiger partial charge on any atom is 0.313 e. The minimum Gasteiger partial charge on any atom is -0.466 e. The number of rotatable bonds is 2. The Morgan fingerprint density at radius 3 is 2.73 bits per heavy atom. The molecule has 15 heavy (non-hydrogen) atoms. The summed E-state index contributed by atoms with van der Waals surface area (Å²) in [6.45, 7) is 12.8. The minimum absolute atomic E-state index is 0.00412. The fraction of sp³-hybridized carbons (Fsp3) is 0.769. The molecule has 2 heteroatoms. The Bertz CT molecular complexity index is 266. The van der Waals surface area contributed by atoms with Gasteiger partial charge in [0.25, 0.3) is 0 Å². The van der Waals surface area contributed by atoms with E-state index in [0.717, 1.165) is 18.4 Å². The molecule has 0 aromatic rings. The van der Waals surface area contributed by atoms with E-state index in [2.05, 4.69) is 27.4 Å². The predicted molar refractivity (Wildman–Crippen MR) is 61.4 cm³/mol. The summed E-state index contributed by atoms with van der Waals surface area (Å²) in [6, 6.07) is 0. The Kier molecular flexibility index (Phi) is 3.58. The lowest BCUT2D eigenvalue weighted by atomic mass is 9.63. The molecule has 0 saturated heterocycles. The highest BCUT2D eigenvalue weighted by molar-refractivity contribution is 5.77. The van der Waals surface area contributed by atoms with Crippen molar-refractivity contribution in [2.24, 2.45) is 17.3 Å². The fourth-order valence-corrected chi connectivity index (χ4v) is 2.40. The predicted octanol–water partition coefficient (Wildman–Crippen LogP) is 3.18. The lowest BCUT2D eigenvalue weighted by Crippen LogP contribution is -2.39. The maximum atomic E-state index is 11.9. The average Bonchev–Trinajstić information content (AvgIpc) is 2.12. The molecule has 0 aliphatic heterocycles. The zero-order valence-corrected chi connectivity index (χ0v) is 10.3. The summed E-state index contributed by atoms with van der Waals surface area (Å²) in [5.74, 6) is 0.215. The van der Waals surface area contributed by atoms with E-state index in [1.165, 1.54) is 0 Å². The summed E-state index contributed by atoms with van der Waals surface area (Å²) in [4.78, 5) is 11.9. The van der Waals surface area contributed by atoms with Crippen molar-refractivity contribution < 1.29 is 9.53 Å². The molecule has 2 atom stereocenters. The van der Waals surface area contributed by atoms with Gasteiger partial charge in [-0.25, -0.2) is 0 Å². The molecule has 2 nitrogen and oxygen atoms in total. The van der Waals surface area contributed by atoms with Gasteiger partial charge in [0.2, 0.25) is 0 Å². The van der Waals surface area contributed by atoms with Crippen molar-refractivity contribution in [3.8, 4) is 0 Å². The number of esters is 1. The molecule has 1 rings (SSSR count). The molecule has 2 unspecified atom stereocenters. The third-order valence-electron chi connectivity index (χ3n) is 3.53. The summed E-state index contributed by atoms with van der Waals surface area (Å²) >= 11 is 0. The van der Waals surface area contributed by atoms with E-state index in [1.807, 2.05) is 6.92 Å². The monoisotopic (exact) mass is 210 g/mol.